The van der Waals surface area contributed by atoms with Gasteiger partial charge in [0.2, 0.25) is 0 Å². The van der Waals surface area contributed by atoms with E-state index in [4.69, 9.17) is 5.73 Å². The first-order chi connectivity index (χ1) is 5.66. The number of carbonyl (C=O) groups excluding carboxylic acids is 1. The van der Waals surface area contributed by atoms with E-state index in [1.807, 2.05) is 0 Å². The predicted octanol–water partition coefficient (Wildman–Crippen LogP) is -0.352. The molecule has 70 valence electrons. The molecule has 0 amide bonds. The molecular weight excluding hydrogens is 158 g/mol. The number of nitrogens with two attached hydrogens (primary N) is 1. The van der Waals surface area contributed by atoms with Gasteiger partial charge >= 0.3 is 5.97 Å². The molecular formula is C8H15NO3. The standard InChI is InChI=1S/C8H15NO3/c1-2-12-8(11)6(9)7(10)5-3-4-5/h5-7,10H,2-4,9H2,1H3/t6-,7-/m0/s1. The highest BCUT2D eigenvalue weighted by atomic mass is 16.5. The normalized spacial score (nSPS) is 21.6. The van der Waals surface area contributed by atoms with E-state index in [9.17, 15) is 9.90 Å². The second-order valence-electron chi connectivity index (χ2n) is 3.11. The second-order valence-corrected chi connectivity index (χ2v) is 3.11. The van der Waals surface area contributed by atoms with Crippen LogP contribution in [0.15, 0.2) is 0 Å². The number of rotatable bonds is 4. The molecule has 0 unspecified atom stereocenters. The van der Waals surface area contributed by atoms with Crippen LogP contribution >= 0.6 is 0 Å². The average Bonchev–Trinajstić information content (AvgIpc) is 2.84. The van der Waals surface area contributed by atoms with Crippen molar-refractivity contribution in [1.29, 1.82) is 0 Å². The lowest BCUT2D eigenvalue weighted by Crippen LogP contribution is -2.44. The van der Waals surface area contributed by atoms with Crippen molar-refractivity contribution in [3.8, 4) is 0 Å². The molecule has 2 atom stereocenters. The molecule has 3 N–H and O–H groups in total. The molecule has 0 heterocycles. The van der Waals surface area contributed by atoms with Gasteiger partial charge in [-0.05, 0) is 25.7 Å². The summed E-state index contributed by atoms with van der Waals surface area (Å²) in [5, 5.41) is 9.43. The lowest BCUT2D eigenvalue weighted by molar-refractivity contribution is -0.147. The smallest absolute Gasteiger partial charge is 0.325 e. The van der Waals surface area contributed by atoms with Crippen molar-refractivity contribution in [3.63, 3.8) is 0 Å². The Morgan fingerprint density at radius 1 is 1.75 bits per heavy atom. The molecule has 0 bridgehead atoms. The topological polar surface area (TPSA) is 72.5 Å². The van der Waals surface area contributed by atoms with Crippen molar-refractivity contribution in [3.05, 3.63) is 0 Å². The van der Waals surface area contributed by atoms with E-state index in [1.54, 1.807) is 6.92 Å². The summed E-state index contributed by atoms with van der Waals surface area (Å²) < 4.78 is 4.68. The third-order valence-electron chi connectivity index (χ3n) is 2.03. The minimum atomic E-state index is -0.863. The zero-order valence-corrected chi connectivity index (χ0v) is 7.19. The molecule has 0 radical (unpaired) electrons. The Balaban J connectivity index is 2.33. The number of aliphatic hydroxyl groups excluding tert-OH is 1. The minimum Gasteiger partial charge on any atom is -0.465 e. The van der Waals surface area contributed by atoms with E-state index in [0.29, 0.717) is 6.61 Å². The summed E-state index contributed by atoms with van der Waals surface area (Å²) in [4.78, 5) is 11.0. The summed E-state index contributed by atoms with van der Waals surface area (Å²) in [5.41, 5.74) is 5.46. The van der Waals surface area contributed by atoms with Gasteiger partial charge < -0.3 is 15.6 Å². The van der Waals surface area contributed by atoms with Gasteiger partial charge in [-0.25, -0.2) is 0 Å². The Morgan fingerprint density at radius 2 is 2.33 bits per heavy atom. The summed E-state index contributed by atoms with van der Waals surface area (Å²) in [6, 6.07) is -0.863. The van der Waals surface area contributed by atoms with Crippen LogP contribution in [0.1, 0.15) is 19.8 Å². The Bertz CT molecular complexity index is 168. The van der Waals surface area contributed by atoms with Gasteiger partial charge in [-0.1, -0.05) is 0 Å². The molecule has 1 rings (SSSR count). The van der Waals surface area contributed by atoms with Gasteiger partial charge in [0.15, 0.2) is 0 Å². The summed E-state index contributed by atoms with van der Waals surface area (Å²) in [7, 11) is 0. The Labute approximate surface area is 71.7 Å². The monoisotopic (exact) mass is 173 g/mol. The largest absolute Gasteiger partial charge is 0.465 e. The van der Waals surface area contributed by atoms with Crippen LogP contribution in [0.25, 0.3) is 0 Å². The Morgan fingerprint density at radius 3 is 2.75 bits per heavy atom. The van der Waals surface area contributed by atoms with Crippen LogP contribution in [0, 0.1) is 5.92 Å². The van der Waals surface area contributed by atoms with Gasteiger partial charge in [0, 0.05) is 0 Å². The van der Waals surface area contributed by atoms with Crippen molar-refractivity contribution in [1.82, 2.24) is 0 Å². The van der Waals surface area contributed by atoms with Crippen LogP contribution in [0.3, 0.4) is 0 Å². The Hall–Kier alpha value is -0.610. The van der Waals surface area contributed by atoms with Crippen molar-refractivity contribution in [2.45, 2.75) is 31.9 Å². The molecule has 0 aromatic heterocycles. The van der Waals surface area contributed by atoms with E-state index < -0.39 is 18.1 Å². The number of aliphatic hydroxyl groups is 1. The molecule has 1 saturated carbocycles. The molecule has 12 heavy (non-hydrogen) atoms. The number of hydrogen-bond acceptors (Lipinski definition) is 4. The van der Waals surface area contributed by atoms with E-state index in [1.165, 1.54) is 0 Å². The molecule has 1 aliphatic carbocycles. The van der Waals surface area contributed by atoms with Crippen LogP contribution in [0.2, 0.25) is 0 Å². The summed E-state index contributed by atoms with van der Waals surface area (Å²) >= 11 is 0. The fourth-order valence-electron chi connectivity index (χ4n) is 1.11. The summed E-state index contributed by atoms with van der Waals surface area (Å²) in [6.07, 6.45) is 1.21. The molecule has 1 fully saturated rings. The third kappa shape index (κ3) is 2.19. The number of hydrogen-bond donors (Lipinski definition) is 2. The Kier molecular flexibility index (Phi) is 3.05. The van der Waals surface area contributed by atoms with Gasteiger partial charge in [0.25, 0.3) is 0 Å². The van der Waals surface area contributed by atoms with Gasteiger partial charge in [-0.3, -0.25) is 4.79 Å². The van der Waals surface area contributed by atoms with Crippen molar-refractivity contribution >= 4 is 5.97 Å². The first kappa shape index (κ1) is 9.48. The lowest BCUT2D eigenvalue weighted by atomic mass is 10.1. The fourth-order valence-corrected chi connectivity index (χ4v) is 1.11. The highest BCUT2D eigenvalue weighted by molar-refractivity contribution is 5.76. The van der Waals surface area contributed by atoms with E-state index in [0.717, 1.165) is 12.8 Å². The zero-order chi connectivity index (χ0) is 9.14. The second kappa shape index (κ2) is 3.87. The number of carbonyl (C=O) groups is 1. The zero-order valence-electron chi connectivity index (χ0n) is 7.19. The maximum atomic E-state index is 11.0. The molecule has 0 aliphatic heterocycles. The predicted molar refractivity (Wildman–Crippen MR) is 43.3 cm³/mol. The summed E-state index contributed by atoms with van der Waals surface area (Å²) in [5.74, 6) is -0.290. The van der Waals surface area contributed by atoms with Crippen LogP contribution in [0.4, 0.5) is 0 Å². The fraction of sp³-hybridized carbons (Fsp3) is 0.875. The number of ether oxygens (including phenoxy) is 1. The highest BCUT2D eigenvalue weighted by Crippen LogP contribution is 2.33. The van der Waals surface area contributed by atoms with E-state index in [2.05, 4.69) is 4.74 Å². The SMILES string of the molecule is CCOC(=O)[C@@H](N)[C@@H](O)C1CC1. The minimum absolute atomic E-state index is 0.212. The molecule has 1 aliphatic rings. The molecule has 0 aromatic carbocycles. The first-order valence-corrected chi connectivity index (χ1v) is 4.27. The quantitative estimate of drug-likeness (QED) is 0.570. The lowest BCUT2D eigenvalue weighted by Gasteiger charge is -2.16. The van der Waals surface area contributed by atoms with Gasteiger partial charge in [0.1, 0.15) is 6.04 Å². The maximum absolute atomic E-state index is 11.0. The first-order valence-electron chi connectivity index (χ1n) is 4.27. The molecule has 0 saturated heterocycles. The van der Waals surface area contributed by atoms with Crippen LogP contribution < -0.4 is 5.73 Å². The van der Waals surface area contributed by atoms with Crippen LogP contribution in [0.5, 0.6) is 0 Å². The molecule has 4 heteroatoms. The van der Waals surface area contributed by atoms with Crippen molar-refractivity contribution in [2.24, 2.45) is 11.7 Å². The van der Waals surface area contributed by atoms with E-state index in [-0.39, 0.29) is 5.92 Å². The molecule has 0 aromatic rings. The average molecular weight is 173 g/mol. The van der Waals surface area contributed by atoms with Gasteiger partial charge in [0.05, 0.1) is 12.7 Å². The van der Waals surface area contributed by atoms with E-state index >= 15 is 0 Å². The highest BCUT2D eigenvalue weighted by Gasteiger charge is 2.37. The van der Waals surface area contributed by atoms with Gasteiger partial charge in [-0.2, -0.15) is 0 Å². The van der Waals surface area contributed by atoms with Crippen LogP contribution in [-0.2, 0) is 9.53 Å². The number of esters is 1. The van der Waals surface area contributed by atoms with Gasteiger partial charge in [-0.15, -0.1) is 0 Å². The third-order valence-corrected chi connectivity index (χ3v) is 2.03. The molecule has 4 nitrogen and oxygen atoms in total. The molecule has 0 spiro atoms. The summed E-state index contributed by atoms with van der Waals surface area (Å²) in [6.45, 7) is 2.03. The maximum Gasteiger partial charge on any atom is 0.325 e. The van der Waals surface area contributed by atoms with Crippen molar-refractivity contribution < 1.29 is 14.6 Å². The van der Waals surface area contributed by atoms with Crippen LogP contribution in [-0.4, -0.2) is 29.8 Å². The van der Waals surface area contributed by atoms with Crippen molar-refractivity contribution in [2.75, 3.05) is 6.61 Å².